The summed E-state index contributed by atoms with van der Waals surface area (Å²) in [7, 11) is 0. The Morgan fingerprint density at radius 3 is 2.42 bits per heavy atom. The molecule has 1 heterocycles. The maximum atomic E-state index is 11.9. The van der Waals surface area contributed by atoms with E-state index in [1.807, 2.05) is 36.4 Å². The zero-order valence-corrected chi connectivity index (χ0v) is 14.4. The van der Waals surface area contributed by atoms with Crippen LogP contribution in [0.15, 0.2) is 65.9 Å². The number of aliphatic carboxylic acids is 1. The van der Waals surface area contributed by atoms with Crippen LogP contribution >= 0.6 is 23.8 Å². The van der Waals surface area contributed by atoms with Gasteiger partial charge in [0, 0.05) is 16.4 Å². The first-order valence-electron chi connectivity index (χ1n) is 7.35. The van der Waals surface area contributed by atoms with Crippen LogP contribution in [0.4, 0.5) is 5.69 Å². The molecule has 0 aromatic heterocycles. The molecule has 0 unspecified atom stereocenters. The first kappa shape index (κ1) is 16.5. The van der Waals surface area contributed by atoms with Crippen molar-refractivity contribution < 1.29 is 9.90 Å². The maximum absolute atomic E-state index is 11.9. The van der Waals surface area contributed by atoms with E-state index in [1.165, 1.54) is 0 Å². The molecule has 0 aliphatic carbocycles. The van der Waals surface area contributed by atoms with Crippen LogP contribution in [0, 0.1) is 0 Å². The Morgan fingerprint density at radius 1 is 1.17 bits per heavy atom. The van der Waals surface area contributed by atoms with Crippen LogP contribution in [0.2, 0.25) is 5.02 Å². The Balaban J connectivity index is 2.15. The van der Waals surface area contributed by atoms with E-state index in [0.29, 0.717) is 21.4 Å². The van der Waals surface area contributed by atoms with Crippen LogP contribution in [0.5, 0.6) is 0 Å². The molecule has 0 saturated carbocycles. The summed E-state index contributed by atoms with van der Waals surface area (Å²) >= 11 is 11.8. The Hall–Kier alpha value is -2.37. The van der Waals surface area contributed by atoms with Crippen LogP contribution in [0.3, 0.4) is 0 Å². The normalized spacial score (nSPS) is 17.7. The average molecular weight is 359 g/mol. The second kappa shape index (κ2) is 6.63. The number of rotatable bonds is 3. The number of carbonyl (C=O) groups is 1. The fraction of sp³-hybridized carbons (Fsp3) is 0.111. The Labute approximate surface area is 150 Å². The Kier molecular flexibility index (Phi) is 4.55. The number of carboxylic acid groups (broad SMARTS) is 1. The van der Waals surface area contributed by atoms with E-state index >= 15 is 0 Å². The monoisotopic (exact) mass is 358 g/mol. The summed E-state index contributed by atoms with van der Waals surface area (Å²) in [5.74, 6) is -1.01. The number of hydrogen-bond acceptors (Lipinski definition) is 2. The van der Waals surface area contributed by atoms with E-state index in [1.54, 1.807) is 30.0 Å². The van der Waals surface area contributed by atoms with Gasteiger partial charge in [0.2, 0.25) is 0 Å². The van der Waals surface area contributed by atoms with Crippen LogP contribution in [0.1, 0.15) is 18.5 Å². The minimum Gasteiger partial charge on any atom is -0.478 e. The fourth-order valence-electron chi connectivity index (χ4n) is 2.85. The van der Waals surface area contributed by atoms with Gasteiger partial charge >= 0.3 is 5.97 Å². The number of nitrogens with zero attached hydrogens (tertiary/aromatic N) is 1. The van der Waals surface area contributed by atoms with Gasteiger partial charge in [-0.3, -0.25) is 4.90 Å². The van der Waals surface area contributed by atoms with Crippen molar-refractivity contribution in [2.45, 2.75) is 13.0 Å². The predicted molar refractivity (Wildman–Crippen MR) is 99.2 cm³/mol. The molecule has 0 bridgehead atoms. The summed E-state index contributed by atoms with van der Waals surface area (Å²) in [6.07, 6.45) is 0. The number of para-hydroxylation sites is 1. The van der Waals surface area contributed by atoms with Gasteiger partial charge in [-0.1, -0.05) is 48.0 Å². The smallest absolute Gasteiger partial charge is 0.335 e. The number of anilines is 1. The van der Waals surface area contributed by atoms with Crippen molar-refractivity contribution in [1.29, 1.82) is 0 Å². The third-order valence-corrected chi connectivity index (χ3v) is 4.59. The topological polar surface area (TPSA) is 52.6 Å². The van der Waals surface area contributed by atoms with Crippen molar-refractivity contribution >= 4 is 40.6 Å². The first-order valence-corrected chi connectivity index (χ1v) is 8.13. The van der Waals surface area contributed by atoms with Crippen molar-refractivity contribution in [2.24, 2.45) is 0 Å². The minimum absolute atomic E-state index is 0.223. The molecule has 2 N–H and O–H groups in total. The molecule has 0 fully saturated rings. The molecule has 1 atom stereocenters. The fourth-order valence-corrected chi connectivity index (χ4v) is 3.46. The van der Waals surface area contributed by atoms with E-state index in [4.69, 9.17) is 23.8 Å². The molecule has 0 saturated heterocycles. The summed E-state index contributed by atoms with van der Waals surface area (Å²) in [4.78, 5) is 13.7. The number of benzene rings is 2. The molecule has 4 nitrogen and oxygen atoms in total. The molecule has 2 aromatic rings. The second-order valence-corrected chi connectivity index (χ2v) is 6.17. The van der Waals surface area contributed by atoms with Gasteiger partial charge in [0.05, 0.1) is 11.6 Å². The highest BCUT2D eigenvalue weighted by Gasteiger charge is 2.35. The Morgan fingerprint density at radius 2 is 1.79 bits per heavy atom. The standard InChI is InChI=1S/C18H15ClN2O2S/c1-11-15(17(22)23)16(13-9-5-6-10-14(13)19)20-18(24)21(11)12-7-3-2-4-8-12/h2-10,16H,1H3,(H,20,24)(H,22,23)/t16-/m0/s1. The zero-order valence-electron chi connectivity index (χ0n) is 12.9. The first-order chi connectivity index (χ1) is 11.5. The molecule has 1 aliphatic rings. The number of allylic oxidation sites excluding steroid dienone is 1. The molecule has 1 aliphatic heterocycles. The van der Waals surface area contributed by atoms with Crippen LogP contribution in [0.25, 0.3) is 0 Å². The number of halogens is 1. The lowest BCUT2D eigenvalue weighted by Gasteiger charge is -2.37. The lowest BCUT2D eigenvalue weighted by molar-refractivity contribution is -0.133. The highest BCUT2D eigenvalue weighted by atomic mass is 35.5. The van der Waals surface area contributed by atoms with Gasteiger partial charge in [0.25, 0.3) is 0 Å². The van der Waals surface area contributed by atoms with Crippen molar-refractivity contribution in [3.05, 3.63) is 76.5 Å². The van der Waals surface area contributed by atoms with E-state index in [0.717, 1.165) is 5.69 Å². The highest BCUT2D eigenvalue weighted by molar-refractivity contribution is 7.80. The second-order valence-electron chi connectivity index (χ2n) is 5.38. The van der Waals surface area contributed by atoms with Gasteiger partial charge in [-0.25, -0.2) is 4.79 Å². The van der Waals surface area contributed by atoms with Crippen molar-refractivity contribution in [3.63, 3.8) is 0 Å². The molecular formula is C18H15ClN2O2S. The summed E-state index contributed by atoms with van der Waals surface area (Å²) in [5.41, 5.74) is 2.29. The van der Waals surface area contributed by atoms with Crippen LogP contribution < -0.4 is 10.2 Å². The van der Waals surface area contributed by atoms with Gasteiger partial charge < -0.3 is 10.4 Å². The van der Waals surface area contributed by atoms with Crippen LogP contribution in [-0.4, -0.2) is 16.2 Å². The van der Waals surface area contributed by atoms with Crippen molar-refractivity contribution in [1.82, 2.24) is 5.32 Å². The third-order valence-electron chi connectivity index (χ3n) is 3.95. The number of carboxylic acids is 1. The molecule has 122 valence electrons. The summed E-state index contributed by atoms with van der Waals surface area (Å²) in [6, 6.07) is 16.0. The number of nitrogens with one attached hydrogen (secondary N) is 1. The summed E-state index contributed by atoms with van der Waals surface area (Å²) in [5, 5.41) is 13.8. The number of thiocarbonyl (C=S) groups is 1. The summed E-state index contributed by atoms with van der Waals surface area (Å²) in [6.45, 7) is 1.76. The van der Waals surface area contributed by atoms with E-state index in [-0.39, 0.29) is 5.57 Å². The molecule has 0 amide bonds. The lowest BCUT2D eigenvalue weighted by Crippen LogP contribution is -2.47. The predicted octanol–water partition coefficient (Wildman–Crippen LogP) is 4.13. The average Bonchev–Trinajstić information content (AvgIpc) is 2.55. The van der Waals surface area contributed by atoms with Crippen LogP contribution in [-0.2, 0) is 4.79 Å². The zero-order chi connectivity index (χ0) is 17.3. The maximum Gasteiger partial charge on any atom is 0.335 e. The molecule has 0 spiro atoms. The van der Waals surface area contributed by atoms with Gasteiger partial charge in [0.15, 0.2) is 5.11 Å². The van der Waals surface area contributed by atoms with Gasteiger partial charge in [-0.2, -0.15) is 0 Å². The number of hydrogen-bond donors (Lipinski definition) is 2. The Bertz CT molecular complexity index is 836. The SMILES string of the molecule is CC1=C(C(=O)O)[C@H](c2ccccc2Cl)NC(=S)N1c1ccccc1. The van der Waals surface area contributed by atoms with E-state index < -0.39 is 12.0 Å². The summed E-state index contributed by atoms with van der Waals surface area (Å²) < 4.78 is 0. The largest absolute Gasteiger partial charge is 0.478 e. The third kappa shape index (κ3) is 2.88. The van der Waals surface area contributed by atoms with Gasteiger partial charge in [0.1, 0.15) is 0 Å². The molecule has 24 heavy (non-hydrogen) atoms. The molecule has 3 rings (SSSR count). The molecule has 2 aromatic carbocycles. The minimum atomic E-state index is -1.01. The van der Waals surface area contributed by atoms with Gasteiger partial charge in [-0.05, 0) is 42.9 Å². The lowest BCUT2D eigenvalue weighted by atomic mass is 9.95. The van der Waals surface area contributed by atoms with Gasteiger partial charge in [-0.15, -0.1) is 0 Å². The highest BCUT2D eigenvalue weighted by Crippen LogP contribution is 2.35. The van der Waals surface area contributed by atoms with E-state index in [9.17, 15) is 9.90 Å². The van der Waals surface area contributed by atoms with Crippen molar-refractivity contribution in [3.8, 4) is 0 Å². The quantitative estimate of drug-likeness (QED) is 0.808. The molecular weight excluding hydrogens is 344 g/mol. The molecule has 6 heteroatoms. The molecule has 0 radical (unpaired) electrons. The van der Waals surface area contributed by atoms with Crippen molar-refractivity contribution in [2.75, 3.05) is 4.90 Å². The van der Waals surface area contributed by atoms with E-state index in [2.05, 4.69) is 5.32 Å².